The maximum Gasteiger partial charge on any atom is 0.383 e. The van der Waals surface area contributed by atoms with Gasteiger partial charge in [0.25, 0.3) is 11.5 Å². The first kappa shape index (κ1) is 25.7. The molecule has 188 valence electrons. The van der Waals surface area contributed by atoms with Crippen LogP contribution in [-0.4, -0.2) is 45.3 Å². The van der Waals surface area contributed by atoms with Gasteiger partial charge in [-0.2, -0.15) is 8.78 Å². The Balaban J connectivity index is 1.71. The first-order valence-corrected chi connectivity index (χ1v) is 11.9. The lowest BCUT2D eigenvalue weighted by atomic mass is 9.94. The van der Waals surface area contributed by atoms with Gasteiger partial charge in [0, 0.05) is 42.3 Å². The zero-order chi connectivity index (χ0) is 26.7. The fourth-order valence-electron chi connectivity index (χ4n) is 3.31. The summed E-state index contributed by atoms with van der Waals surface area (Å²) in [5.74, 6) is 7.78. The van der Waals surface area contributed by atoms with Crippen molar-refractivity contribution in [2.24, 2.45) is 5.92 Å². The van der Waals surface area contributed by atoms with Crippen LogP contribution in [0.3, 0.4) is 0 Å². The van der Waals surface area contributed by atoms with Crippen LogP contribution >= 0.6 is 11.3 Å². The second-order valence-electron chi connectivity index (χ2n) is 8.31. The van der Waals surface area contributed by atoms with Crippen LogP contribution in [0.1, 0.15) is 47.5 Å². The summed E-state index contributed by atoms with van der Waals surface area (Å²) in [6.07, 6.45) is 3.25. The monoisotopic (exact) mass is 523 g/mol. The number of amides is 1. The van der Waals surface area contributed by atoms with E-state index in [2.05, 4.69) is 32.7 Å². The molecule has 37 heavy (non-hydrogen) atoms. The largest absolute Gasteiger partial charge is 0.428 e. The molecule has 0 bridgehead atoms. The second-order valence-corrected chi connectivity index (χ2v) is 9.34. The molecule has 2 aliphatic rings. The molecule has 2 aromatic rings. The number of allylic oxidation sites excluding steroid dienone is 3. The molecule has 12 heteroatoms. The van der Waals surface area contributed by atoms with Crippen LogP contribution in [0, 0.1) is 28.6 Å². The average molecular weight is 524 g/mol. The van der Waals surface area contributed by atoms with E-state index < -0.39 is 23.6 Å². The third-order valence-corrected chi connectivity index (χ3v) is 6.05. The molecule has 4 rings (SSSR count). The fraction of sp³-hybridized carbons (Fsp3) is 0.280. The highest BCUT2D eigenvalue weighted by atomic mass is 32.1. The molecule has 1 aliphatic carbocycles. The zero-order valence-electron chi connectivity index (χ0n) is 19.8. The predicted molar refractivity (Wildman–Crippen MR) is 138 cm³/mol. The Kier molecular flexibility index (Phi) is 7.41. The Hall–Kier alpha value is -4.42. The summed E-state index contributed by atoms with van der Waals surface area (Å²) >= 11 is 1.18. The van der Waals surface area contributed by atoms with Crippen LogP contribution in [0.15, 0.2) is 34.9 Å². The normalized spacial score (nSPS) is 14.2. The highest BCUT2D eigenvalue weighted by Crippen LogP contribution is 2.29. The average Bonchev–Trinajstić information content (AvgIpc) is 3.56. The van der Waals surface area contributed by atoms with E-state index in [-0.39, 0.29) is 40.2 Å². The molecule has 1 fully saturated rings. The lowest BCUT2D eigenvalue weighted by Crippen LogP contribution is -2.28. The molecule has 0 radical (unpaired) electrons. The van der Waals surface area contributed by atoms with Crippen molar-refractivity contribution in [2.75, 3.05) is 5.32 Å². The number of nitrogens with zero attached hydrogens (tertiary/aromatic N) is 3. The number of halogens is 2. The van der Waals surface area contributed by atoms with Crippen molar-refractivity contribution in [1.29, 1.82) is 10.8 Å². The van der Waals surface area contributed by atoms with Gasteiger partial charge in [-0.3, -0.25) is 25.7 Å². The zero-order valence-corrected chi connectivity index (χ0v) is 20.6. The summed E-state index contributed by atoms with van der Waals surface area (Å²) in [6, 6.07) is 1.05. The van der Waals surface area contributed by atoms with Gasteiger partial charge in [-0.05, 0) is 24.4 Å². The number of hydrogen-bond donors (Lipinski definition) is 3. The number of carbonyl (C=O) groups excluding carboxylic acids is 1. The number of pyridine rings is 1. The van der Waals surface area contributed by atoms with Gasteiger partial charge in [-0.15, -0.1) is 0 Å². The number of alkyl halides is 2. The van der Waals surface area contributed by atoms with Crippen molar-refractivity contribution < 1.29 is 18.3 Å². The lowest BCUT2D eigenvalue weighted by molar-refractivity contribution is 0.102. The summed E-state index contributed by atoms with van der Waals surface area (Å²) in [7, 11) is 0. The standard InChI is InChI=1S/C25H20F2N6O3S/c1-13-9-30-20(23(26)27)7-17(13)19-11-33(12-21(29)36-14(2)28)22(34)8-18(19)24(35)32-25-31-10-16(37-25)6-5-15-3-4-15/h7-8,10-11,15,23,28-29H,3-4,12H2,1-2H3/p+1. The minimum atomic E-state index is -2.87. The maximum atomic E-state index is 13.4. The summed E-state index contributed by atoms with van der Waals surface area (Å²) in [5.41, 5.74) is -0.517. The number of thiazole rings is 1. The molecule has 0 aromatic carbocycles. The molecule has 0 saturated heterocycles. The van der Waals surface area contributed by atoms with Crippen LogP contribution < -0.4 is 15.5 Å². The predicted octanol–water partition coefficient (Wildman–Crippen LogP) is 3.10. The minimum absolute atomic E-state index is 0.0827. The third kappa shape index (κ3) is 6.42. The number of anilines is 1. The van der Waals surface area contributed by atoms with E-state index in [0.29, 0.717) is 16.4 Å². The highest BCUT2D eigenvalue weighted by molar-refractivity contribution is 7.16. The van der Waals surface area contributed by atoms with Crippen LogP contribution in [0.5, 0.6) is 0 Å². The van der Waals surface area contributed by atoms with E-state index in [1.54, 1.807) is 13.1 Å². The summed E-state index contributed by atoms with van der Waals surface area (Å²) < 4.78 is 36.4. The van der Waals surface area contributed by atoms with Crippen LogP contribution in [0.4, 0.5) is 13.9 Å². The van der Waals surface area contributed by atoms with Gasteiger partial charge in [-0.25, -0.2) is 4.98 Å². The van der Waals surface area contributed by atoms with Gasteiger partial charge in [0.2, 0.25) is 5.90 Å². The van der Waals surface area contributed by atoms with E-state index >= 15 is 0 Å². The van der Waals surface area contributed by atoms with Gasteiger partial charge in [0.15, 0.2) is 11.0 Å². The van der Waals surface area contributed by atoms with Crippen LogP contribution in [-0.2, 0) is 11.3 Å². The Bertz CT molecular complexity index is 1570. The fourth-order valence-corrected chi connectivity index (χ4v) is 3.99. The summed E-state index contributed by atoms with van der Waals surface area (Å²) in [4.78, 5) is 30.9. The van der Waals surface area contributed by atoms with Gasteiger partial charge in [-0.1, -0.05) is 23.2 Å². The maximum absolute atomic E-state index is 13.4. The molecule has 2 aromatic heterocycles. The van der Waals surface area contributed by atoms with Crippen molar-refractivity contribution >= 4 is 51.3 Å². The Morgan fingerprint density at radius 3 is 2.86 bits per heavy atom. The highest BCUT2D eigenvalue weighted by Gasteiger charge is 2.28. The lowest BCUT2D eigenvalue weighted by Gasteiger charge is -2.15. The van der Waals surface area contributed by atoms with Crippen LogP contribution in [0.2, 0.25) is 0 Å². The first-order valence-electron chi connectivity index (χ1n) is 11.1. The van der Waals surface area contributed by atoms with Gasteiger partial charge >= 0.3 is 18.0 Å². The van der Waals surface area contributed by atoms with E-state index in [1.807, 2.05) is 0 Å². The summed E-state index contributed by atoms with van der Waals surface area (Å²) in [6.45, 7) is 2.58. The van der Waals surface area contributed by atoms with Gasteiger partial charge < -0.3 is 9.30 Å². The molecule has 3 N–H and O–H groups in total. The van der Waals surface area contributed by atoms with E-state index in [4.69, 9.17) is 15.6 Å². The molecule has 0 spiro atoms. The number of carbonyl (C=O) groups is 1. The van der Waals surface area contributed by atoms with Gasteiger partial charge in [0.1, 0.15) is 6.54 Å². The van der Waals surface area contributed by atoms with E-state index in [0.717, 1.165) is 29.6 Å². The SMILES string of the molecule is CC(=N)OC(=N)Cn1cc(C2=CC(C(F)F)=[N+]=C=C2C)c(C(=O)Nc2ncc(C#CC3CC3)s2)cc1=O. The molecular weight excluding hydrogens is 502 g/mol. The molecule has 1 amide bonds. The molecule has 3 heterocycles. The Labute approximate surface area is 214 Å². The van der Waals surface area contributed by atoms with E-state index in [1.165, 1.54) is 24.5 Å². The first-order chi connectivity index (χ1) is 17.6. The smallest absolute Gasteiger partial charge is 0.383 e. The number of aromatic nitrogens is 2. The van der Waals surface area contributed by atoms with Crippen molar-refractivity contribution in [2.45, 2.75) is 39.7 Å². The topological polar surface area (TPSA) is 135 Å². The minimum Gasteiger partial charge on any atom is -0.428 e. The quantitative estimate of drug-likeness (QED) is 0.232. The number of nitrogens with one attached hydrogen (secondary N) is 3. The van der Waals surface area contributed by atoms with Gasteiger partial charge in [0.05, 0.1) is 22.2 Å². The van der Waals surface area contributed by atoms with Crippen LogP contribution in [0.25, 0.3) is 5.57 Å². The Morgan fingerprint density at radius 1 is 1.43 bits per heavy atom. The third-order valence-electron chi connectivity index (χ3n) is 5.23. The molecule has 0 unspecified atom stereocenters. The molecule has 0 atom stereocenters. The van der Waals surface area contributed by atoms with E-state index in [9.17, 15) is 18.4 Å². The van der Waals surface area contributed by atoms with Crippen molar-refractivity contribution in [3.63, 3.8) is 0 Å². The van der Waals surface area contributed by atoms with Crippen molar-refractivity contribution in [3.05, 3.63) is 56.5 Å². The second kappa shape index (κ2) is 10.7. The molecule has 1 saturated carbocycles. The Morgan fingerprint density at radius 2 is 2.19 bits per heavy atom. The molecule has 9 nitrogen and oxygen atoms in total. The molecular formula is C25H21F2N6O3S+. The number of ether oxygens (including phenoxy) is 1. The van der Waals surface area contributed by atoms with Crippen molar-refractivity contribution in [3.8, 4) is 11.8 Å². The number of hydrogen-bond acceptors (Lipinski definition) is 7. The molecule has 1 aliphatic heterocycles. The van der Waals surface area contributed by atoms with Crippen molar-refractivity contribution in [1.82, 2.24) is 14.2 Å². The summed E-state index contributed by atoms with van der Waals surface area (Å²) in [5, 5.41) is 18.2. The number of rotatable bonds is 6.